The number of hydrogen-bond acceptors (Lipinski definition) is 2. The van der Waals surface area contributed by atoms with E-state index in [-0.39, 0.29) is 0 Å². The van der Waals surface area contributed by atoms with Crippen LogP contribution < -0.4 is 0 Å². The molecule has 0 bridgehead atoms. The Labute approximate surface area is 173 Å². The smallest absolute Gasteiger partial charge is 0.139 e. The first-order chi connectivity index (χ1) is 14.8. The van der Waals surface area contributed by atoms with Crippen molar-refractivity contribution >= 4 is 45.1 Å². The van der Waals surface area contributed by atoms with E-state index in [0.29, 0.717) is 0 Å². The Bertz CT molecular complexity index is 1510. The van der Waals surface area contributed by atoms with Gasteiger partial charge >= 0.3 is 0 Å². The molecule has 0 radical (unpaired) electrons. The van der Waals surface area contributed by atoms with Gasteiger partial charge in [-0.2, -0.15) is 0 Å². The second-order valence-corrected chi connectivity index (χ2v) is 7.46. The summed E-state index contributed by atoms with van der Waals surface area (Å²) in [6.07, 6.45) is 4.24. The van der Waals surface area contributed by atoms with E-state index >= 15 is 0 Å². The molecule has 0 N–H and O–H groups in total. The van der Waals surface area contributed by atoms with Crippen LogP contribution in [0.1, 0.15) is 11.1 Å². The van der Waals surface area contributed by atoms with Crippen molar-refractivity contribution in [3.05, 3.63) is 108 Å². The van der Waals surface area contributed by atoms with Gasteiger partial charge < -0.3 is 8.83 Å². The zero-order valence-corrected chi connectivity index (χ0v) is 16.2. The van der Waals surface area contributed by atoms with Crippen LogP contribution in [0.3, 0.4) is 0 Å². The van der Waals surface area contributed by atoms with Crippen molar-refractivity contribution in [1.82, 2.24) is 0 Å². The topological polar surface area (TPSA) is 26.3 Å². The fraction of sp³-hybridized carbons (Fsp3) is 0. The lowest BCUT2D eigenvalue weighted by Crippen LogP contribution is -1.76. The average molecular weight is 386 g/mol. The SMILES string of the molecule is C(=Cc1ccc(-c2cc3cc4c(cc3o2)oc2ccccc24)cc1)c1ccccc1. The number of para-hydroxylation sites is 1. The molecule has 30 heavy (non-hydrogen) atoms. The molecule has 4 aromatic carbocycles. The molecule has 0 fully saturated rings. The van der Waals surface area contributed by atoms with Crippen LogP contribution in [0.4, 0.5) is 0 Å². The van der Waals surface area contributed by atoms with Crippen LogP contribution in [0, 0.1) is 0 Å². The summed E-state index contributed by atoms with van der Waals surface area (Å²) in [6.45, 7) is 0. The largest absolute Gasteiger partial charge is 0.456 e. The van der Waals surface area contributed by atoms with Crippen LogP contribution in [-0.2, 0) is 0 Å². The summed E-state index contributed by atoms with van der Waals surface area (Å²) < 4.78 is 12.1. The van der Waals surface area contributed by atoms with E-state index in [9.17, 15) is 0 Å². The van der Waals surface area contributed by atoms with E-state index in [1.165, 1.54) is 5.56 Å². The summed E-state index contributed by atoms with van der Waals surface area (Å²) in [5.74, 6) is 0.862. The highest BCUT2D eigenvalue weighted by molar-refractivity contribution is 6.09. The minimum Gasteiger partial charge on any atom is -0.456 e. The fourth-order valence-electron chi connectivity index (χ4n) is 3.92. The van der Waals surface area contributed by atoms with Crippen molar-refractivity contribution in [2.45, 2.75) is 0 Å². The van der Waals surface area contributed by atoms with Crippen LogP contribution in [0.5, 0.6) is 0 Å². The molecule has 0 amide bonds. The standard InChI is InChI=1S/C28H18O2/c1-2-6-19(7-3-1)10-11-20-12-14-21(15-13-20)26-17-22-16-24-23-8-4-5-9-25(23)29-28(24)18-27(22)30-26/h1-18H. The van der Waals surface area contributed by atoms with Crippen molar-refractivity contribution in [3.8, 4) is 11.3 Å². The molecule has 0 spiro atoms. The summed E-state index contributed by atoms with van der Waals surface area (Å²) in [7, 11) is 0. The predicted octanol–water partition coefficient (Wildman–Crippen LogP) is 8.17. The van der Waals surface area contributed by atoms with Crippen LogP contribution >= 0.6 is 0 Å². The van der Waals surface area contributed by atoms with Crippen molar-refractivity contribution in [1.29, 1.82) is 0 Å². The molecule has 0 unspecified atom stereocenters. The van der Waals surface area contributed by atoms with Gasteiger partial charge in [0.2, 0.25) is 0 Å². The molecule has 142 valence electrons. The Morgan fingerprint density at radius 3 is 2.07 bits per heavy atom. The number of fused-ring (bicyclic) bond motifs is 4. The summed E-state index contributed by atoms with van der Waals surface area (Å²) in [5, 5.41) is 3.33. The van der Waals surface area contributed by atoms with Crippen molar-refractivity contribution < 1.29 is 8.83 Å². The molecule has 6 rings (SSSR count). The van der Waals surface area contributed by atoms with Gasteiger partial charge in [0.1, 0.15) is 22.5 Å². The molecule has 0 aliphatic rings. The zero-order valence-electron chi connectivity index (χ0n) is 16.2. The van der Waals surface area contributed by atoms with Crippen LogP contribution in [0.25, 0.3) is 56.4 Å². The van der Waals surface area contributed by atoms with Gasteiger partial charge in [-0.15, -0.1) is 0 Å². The van der Waals surface area contributed by atoms with Gasteiger partial charge in [-0.1, -0.05) is 84.9 Å². The van der Waals surface area contributed by atoms with Gasteiger partial charge in [0, 0.05) is 27.8 Å². The molecule has 6 aromatic rings. The maximum absolute atomic E-state index is 6.15. The lowest BCUT2D eigenvalue weighted by Gasteiger charge is -1.98. The van der Waals surface area contributed by atoms with E-state index in [2.05, 4.69) is 66.7 Å². The third-order valence-electron chi connectivity index (χ3n) is 5.48. The molecule has 0 aliphatic heterocycles. The molecule has 0 aliphatic carbocycles. The molecule has 0 saturated carbocycles. The van der Waals surface area contributed by atoms with Crippen molar-refractivity contribution in [2.75, 3.05) is 0 Å². The molecular weight excluding hydrogens is 368 g/mol. The van der Waals surface area contributed by atoms with Crippen molar-refractivity contribution in [3.63, 3.8) is 0 Å². The minimum absolute atomic E-state index is 0.838. The molecule has 2 nitrogen and oxygen atoms in total. The third-order valence-corrected chi connectivity index (χ3v) is 5.48. The number of furan rings is 2. The second-order valence-electron chi connectivity index (χ2n) is 7.46. The van der Waals surface area contributed by atoms with E-state index in [1.807, 2.05) is 42.5 Å². The Morgan fingerprint density at radius 2 is 1.23 bits per heavy atom. The van der Waals surface area contributed by atoms with E-state index in [4.69, 9.17) is 8.83 Å². The number of hydrogen-bond donors (Lipinski definition) is 0. The summed E-state index contributed by atoms with van der Waals surface area (Å²) in [4.78, 5) is 0. The maximum Gasteiger partial charge on any atom is 0.139 e. The zero-order chi connectivity index (χ0) is 19.9. The van der Waals surface area contributed by atoms with Crippen molar-refractivity contribution in [2.24, 2.45) is 0 Å². The first kappa shape index (κ1) is 16.9. The summed E-state index contributed by atoms with van der Waals surface area (Å²) in [5.41, 5.74) is 6.00. The number of rotatable bonds is 3. The summed E-state index contributed by atoms with van der Waals surface area (Å²) >= 11 is 0. The quantitative estimate of drug-likeness (QED) is 0.287. The highest BCUT2D eigenvalue weighted by atomic mass is 16.3. The Kier molecular flexibility index (Phi) is 3.82. The van der Waals surface area contributed by atoms with Gasteiger partial charge in [-0.05, 0) is 29.3 Å². The van der Waals surface area contributed by atoms with Gasteiger partial charge in [0.25, 0.3) is 0 Å². The predicted molar refractivity (Wildman–Crippen MR) is 124 cm³/mol. The molecule has 0 atom stereocenters. The van der Waals surface area contributed by atoms with Gasteiger partial charge in [0.15, 0.2) is 0 Å². The first-order valence-corrected chi connectivity index (χ1v) is 10.0. The Hall–Kier alpha value is -4.04. The van der Waals surface area contributed by atoms with Gasteiger partial charge in [0.05, 0.1) is 0 Å². The first-order valence-electron chi connectivity index (χ1n) is 10.0. The van der Waals surface area contributed by atoms with E-state index < -0.39 is 0 Å². The summed E-state index contributed by atoms with van der Waals surface area (Å²) in [6, 6.07) is 33.1. The molecular formula is C28H18O2. The van der Waals surface area contributed by atoms with Gasteiger partial charge in [-0.25, -0.2) is 0 Å². The molecule has 2 heterocycles. The molecule has 2 heteroatoms. The maximum atomic E-state index is 6.15. The lowest BCUT2D eigenvalue weighted by molar-refractivity contribution is 0.628. The van der Waals surface area contributed by atoms with Crippen LogP contribution in [-0.4, -0.2) is 0 Å². The van der Waals surface area contributed by atoms with E-state index in [1.54, 1.807) is 0 Å². The molecule has 0 saturated heterocycles. The Morgan fingerprint density at radius 1 is 0.500 bits per heavy atom. The van der Waals surface area contributed by atoms with E-state index in [0.717, 1.165) is 49.8 Å². The highest BCUT2D eigenvalue weighted by Gasteiger charge is 2.12. The van der Waals surface area contributed by atoms with Gasteiger partial charge in [-0.3, -0.25) is 0 Å². The van der Waals surface area contributed by atoms with Crippen LogP contribution in [0.15, 0.2) is 106 Å². The third kappa shape index (κ3) is 2.90. The Balaban J connectivity index is 1.35. The van der Waals surface area contributed by atoms with Crippen LogP contribution in [0.2, 0.25) is 0 Å². The number of benzene rings is 4. The average Bonchev–Trinajstić information content (AvgIpc) is 3.37. The highest BCUT2D eigenvalue weighted by Crippen LogP contribution is 2.35. The normalized spacial score (nSPS) is 11.9. The molecule has 2 aromatic heterocycles. The minimum atomic E-state index is 0.838. The fourth-order valence-corrected chi connectivity index (χ4v) is 3.92. The lowest BCUT2D eigenvalue weighted by atomic mass is 10.1. The monoisotopic (exact) mass is 386 g/mol. The second kappa shape index (κ2) is 6.78.